The fourth-order valence-electron chi connectivity index (χ4n) is 2.64. The van der Waals surface area contributed by atoms with Crippen molar-refractivity contribution in [3.63, 3.8) is 0 Å². The molecule has 1 unspecified atom stereocenters. The maximum Gasteiger partial charge on any atom is 0.245 e. The van der Waals surface area contributed by atoms with Crippen LogP contribution in [0.25, 0.3) is 17.5 Å². The Kier molecular flexibility index (Phi) is 4.95. The molecule has 7 nitrogen and oxygen atoms in total. The summed E-state index contributed by atoms with van der Waals surface area (Å²) in [4.78, 5) is 27.9. The van der Waals surface area contributed by atoms with Gasteiger partial charge in [-0.05, 0) is 20.8 Å². The lowest BCUT2D eigenvalue weighted by Gasteiger charge is -2.25. The highest BCUT2D eigenvalue weighted by Gasteiger charge is 2.28. The standard InChI is InChI=1S/C17H20ClFN6O/c1-4-20-16(26)17(2,3)25-15-12(19)8-23-14(24-15)11-7-22-13-10(11)5-9(18)6-21-13/h5,7-9H,4,6H2,1-3H3,(H,20,26)(H,21,22)(H,23,24,25). The third-order valence-electron chi connectivity index (χ3n) is 3.99. The van der Waals surface area contributed by atoms with Gasteiger partial charge in [-0.2, -0.15) is 0 Å². The Labute approximate surface area is 154 Å². The Balaban J connectivity index is 1.99. The minimum Gasteiger partial charge on any atom is -0.354 e. The number of anilines is 1. The van der Waals surface area contributed by atoms with Crippen molar-refractivity contribution in [2.75, 3.05) is 18.4 Å². The molecule has 138 valence electrons. The number of H-pyrrole nitrogens is 1. The molecule has 3 rings (SSSR count). The van der Waals surface area contributed by atoms with E-state index in [0.717, 1.165) is 11.4 Å². The minimum absolute atomic E-state index is 0.0450. The van der Waals surface area contributed by atoms with Crippen molar-refractivity contribution in [3.8, 4) is 11.4 Å². The highest BCUT2D eigenvalue weighted by molar-refractivity contribution is 6.24. The zero-order valence-electron chi connectivity index (χ0n) is 14.7. The second-order valence-electron chi connectivity index (χ2n) is 6.49. The summed E-state index contributed by atoms with van der Waals surface area (Å²) in [7, 11) is 0. The summed E-state index contributed by atoms with van der Waals surface area (Å²) in [5, 5.41) is 6.14. The van der Waals surface area contributed by atoms with Gasteiger partial charge in [-0.1, -0.05) is 6.08 Å². The molecule has 1 atom stereocenters. The first-order valence-electron chi connectivity index (χ1n) is 8.29. The summed E-state index contributed by atoms with van der Waals surface area (Å²) in [5.41, 5.74) is 0.331. The van der Waals surface area contributed by atoms with Crippen LogP contribution in [0.2, 0.25) is 0 Å². The van der Waals surface area contributed by atoms with Crippen molar-refractivity contribution in [2.24, 2.45) is 4.99 Å². The summed E-state index contributed by atoms with van der Waals surface area (Å²) >= 11 is 6.15. The van der Waals surface area contributed by atoms with Crippen molar-refractivity contribution in [2.45, 2.75) is 31.7 Å². The van der Waals surface area contributed by atoms with Crippen molar-refractivity contribution in [1.82, 2.24) is 20.3 Å². The van der Waals surface area contributed by atoms with Crippen LogP contribution in [0.15, 0.2) is 17.4 Å². The SMILES string of the molecule is CCNC(=O)C(C)(C)Nc1nc(-c2c[nH]c3c2=CC(Cl)CN=3)ncc1F. The van der Waals surface area contributed by atoms with Gasteiger partial charge in [0, 0.05) is 23.5 Å². The Hall–Kier alpha value is -2.48. The predicted octanol–water partition coefficient (Wildman–Crippen LogP) is 0.959. The molecule has 0 radical (unpaired) electrons. The van der Waals surface area contributed by atoms with E-state index in [1.807, 2.05) is 13.0 Å². The number of nitrogens with one attached hydrogen (secondary N) is 3. The average molecular weight is 379 g/mol. The van der Waals surface area contributed by atoms with E-state index in [4.69, 9.17) is 11.6 Å². The normalized spacial score (nSPS) is 16.3. The van der Waals surface area contributed by atoms with E-state index < -0.39 is 11.4 Å². The highest BCUT2D eigenvalue weighted by Crippen LogP contribution is 2.19. The van der Waals surface area contributed by atoms with Gasteiger partial charge in [0.1, 0.15) is 11.0 Å². The molecular weight excluding hydrogens is 359 g/mol. The fraction of sp³-hybridized carbons (Fsp3) is 0.412. The Morgan fingerprint density at radius 1 is 1.50 bits per heavy atom. The molecule has 3 heterocycles. The monoisotopic (exact) mass is 378 g/mol. The molecule has 3 N–H and O–H groups in total. The molecule has 1 aliphatic heterocycles. The second-order valence-corrected chi connectivity index (χ2v) is 7.05. The highest BCUT2D eigenvalue weighted by atomic mass is 35.5. The number of alkyl halides is 1. The molecule has 2 aromatic heterocycles. The summed E-state index contributed by atoms with van der Waals surface area (Å²) in [5.74, 6) is -0.623. The van der Waals surface area contributed by atoms with Crippen LogP contribution in [0.4, 0.5) is 10.2 Å². The van der Waals surface area contributed by atoms with E-state index >= 15 is 0 Å². The van der Waals surface area contributed by atoms with E-state index in [9.17, 15) is 9.18 Å². The Morgan fingerprint density at radius 2 is 2.27 bits per heavy atom. The lowest BCUT2D eigenvalue weighted by atomic mass is 10.0. The molecule has 0 bridgehead atoms. The zero-order chi connectivity index (χ0) is 18.9. The molecule has 0 spiro atoms. The molecule has 0 aliphatic carbocycles. The van der Waals surface area contributed by atoms with Crippen molar-refractivity contribution >= 4 is 29.4 Å². The smallest absolute Gasteiger partial charge is 0.245 e. The molecule has 9 heteroatoms. The lowest BCUT2D eigenvalue weighted by Crippen LogP contribution is -2.48. The van der Waals surface area contributed by atoms with Crippen LogP contribution in [0, 0.1) is 5.82 Å². The van der Waals surface area contributed by atoms with Gasteiger partial charge in [0.15, 0.2) is 17.5 Å². The van der Waals surface area contributed by atoms with E-state index in [2.05, 4.69) is 30.6 Å². The number of carbonyl (C=O) groups excluding carboxylic acids is 1. The summed E-state index contributed by atoms with van der Waals surface area (Å²) in [6.07, 6.45) is 4.66. The number of aromatic amines is 1. The number of fused-ring (bicyclic) bond motifs is 1. The maximum absolute atomic E-state index is 14.2. The first kappa shape index (κ1) is 18.3. The molecule has 2 aromatic rings. The van der Waals surface area contributed by atoms with Crippen LogP contribution in [-0.2, 0) is 4.79 Å². The van der Waals surface area contributed by atoms with Gasteiger partial charge >= 0.3 is 0 Å². The van der Waals surface area contributed by atoms with Gasteiger partial charge < -0.3 is 15.6 Å². The quantitative estimate of drug-likeness (QED) is 0.675. The number of hydrogen-bond donors (Lipinski definition) is 3. The molecule has 26 heavy (non-hydrogen) atoms. The third-order valence-corrected chi connectivity index (χ3v) is 4.25. The number of hydrogen-bond acceptors (Lipinski definition) is 5. The van der Waals surface area contributed by atoms with E-state index in [1.54, 1.807) is 20.0 Å². The first-order chi connectivity index (χ1) is 12.3. The lowest BCUT2D eigenvalue weighted by molar-refractivity contribution is -0.124. The van der Waals surface area contributed by atoms with E-state index in [0.29, 0.717) is 30.0 Å². The molecular formula is C17H20ClFN6O. The van der Waals surface area contributed by atoms with Gasteiger partial charge in [0.05, 0.1) is 18.1 Å². The van der Waals surface area contributed by atoms with Crippen LogP contribution in [-0.4, -0.2) is 44.9 Å². The fourth-order valence-corrected chi connectivity index (χ4v) is 2.83. The Morgan fingerprint density at radius 3 is 3.00 bits per heavy atom. The molecule has 0 saturated carbocycles. The molecule has 0 fully saturated rings. The topological polar surface area (TPSA) is 95.1 Å². The second kappa shape index (κ2) is 7.03. The average Bonchev–Trinajstić information content (AvgIpc) is 3.00. The summed E-state index contributed by atoms with van der Waals surface area (Å²) in [6, 6.07) is 0. The number of halogens is 2. The third kappa shape index (κ3) is 3.55. The van der Waals surface area contributed by atoms with Crippen LogP contribution in [0.1, 0.15) is 20.8 Å². The number of rotatable bonds is 5. The van der Waals surface area contributed by atoms with Crippen molar-refractivity contribution in [3.05, 3.63) is 28.9 Å². The van der Waals surface area contributed by atoms with Crippen molar-refractivity contribution in [1.29, 1.82) is 0 Å². The van der Waals surface area contributed by atoms with Gasteiger partial charge in [-0.15, -0.1) is 11.6 Å². The molecule has 0 saturated heterocycles. The molecule has 1 amide bonds. The van der Waals surface area contributed by atoms with Gasteiger partial charge in [0.25, 0.3) is 0 Å². The molecule has 1 aliphatic rings. The number of likely N-dealkylation sites (N-methyl/N-ethyl adjacent to an activating group) is 1. The minimum atomic E-state index is -1.04. The van der Waals surface area contributed by atoms with Gasteiger partial charge in [0.2, 0.25) is 5.91 Å². The van der Waals surface area contributed by atoms with Gasteiger partial charge in [-0.25, -0.2) is 14.4 Å². The first-order valence-corrected chi connectivity index (χ1v) is 8.72. The van der Waals surface area contributed by atoms with Crippen LogP contribution in [0.5, 0.6) is 0 Å². The number of amides is 1. The predicted molar refractivity (Wildman–Crippen MR) is 97.9 cm³/mol. The summed E-state index contributed by atoms with van der Waals surface area (Å²) < 4.78 is 14.2. The van der Waals surface area contributed by atoms with Crippen LogP contribution < -0.4 is 21.3 Å². The van der Waals surface area contributed by atoms with Crippen LogP contribution >= 0.6 is 11.6 Å². The zero-order valence-corrected chi connectivity index (χ0v) is 15.5. The summed E-state index contributed by atoms with van der Waals surface area (Å²) in [6.45, 7) is 6.10. The number of aromatic nitrogens is 3. The number of carbonyl (C=O) groups is 1. The maximum atomic E-state index is 14.2. The number of nitrogens with zero attached hydrogens (tertiary/aromatic N) is 3. The largest absolute Gasteiger partial charge is 0.354 e. The Bertz CT molecular complexity index is 955. The molecule has 0 aromatic carbocycles. The van der Waals surface area contributed by atoms with E-state index in [1.165, 1.54) is 0 Å². The van der Waals surface area contributed by atoms with E-state index in [-0.39, 0.29) is 17.1 Å². The van der Waals surface area contributed by atoms with Crippen LogP contribution in [0.3, 0.4) is 0 Å². The van der Waals surface area contributed by atoms with Crippen molar-refractivity contribution < 1.29 is 9.18 Å². The van der Waals surface area contributed by atoms with Gasteiger partial charge in [-0.3, -0.25) is 9.79 Å².